The molecule has 11 nitrogen and oxygen atoms in total. The van der Waals surface area contributed by atoms with Gasteiger partial charge in [-0.05, 0) is 80.0 Å². The van der Waals surface area contributed by atoms with E-state index in [0.717, 1.165) is 32.1 Å². The van der Waals surface area contributed by atoms with E-state index in [1.165, 1.54) is 11.9 Å². The van der Waals surface area contributed by atoms with E-state index in [1.54, 1.807) is 19.0 Å². The number of amides is 1. The van der Waals surface area contributed by atoms with Crippen molar-refractivity contribution in [2.45, 2.75) is 138 Å². The maximum Gasteiger partial charge on any atom is 0.506 e. The van der Waals surface area contributed by atoms with Gasteiger partial charge in [-0.15, -0.1) is 0 Å². The van der Waals surface area contributed by atoms with Crippen molar-refractivity contribution in [2.24, 2.45) is 61.9 Å². The van der Waals surface area contributed by atoms with Crippen LogP contribution in [-0.2, 0) is 14.2 Å². The van der Waals surface area contributed by atoms with E-state index in [2.05, 4.69) is 87.2 Å². The van der Waals surface area contributed by atoms with Crippen molar-refractivity contribution in [3.8, 4) is 0 Å². The summed E-state index contributed by atoms with van der Waals surface area (Å²) in [7, 11) is 3.49. The molecule has 2 bridgehead atoms. The number of fused-ring (bicyclic) bond motifs is 3. The Morgan fingerprint density at radius 1 is 1.08 bits per heavy atom. The molecule has 4 aliphatic carbocycles. The average molecular weight is 740 g/mol. The first-order valence-electron chi connectivity index (χ1n) is 20.1. The molecule has 2 heterocycles. The second-order valence-electron chi connectivity index (χ2n) is 20.7. The van der Waals surface area contributed by atoms with Gasteiger partial charge in [-0.1, -0.05) is 80.9 Å². The number of carbonyl (C=O) groups is 2. The van der Waals surface area contributed by atoms with Crippen LogP contribution in [-0.4, -0.2) is 88.5 Å². The van der Waals surface area contributed by atoms with E-state index in [0.29, 0.717) is 38.0 Å². The lowest BCUT2D eigenvalue weighted by molar-refractivity contribution is -0.257. The summed E-state index contributed by atoms with van der Waals surface area (Å²) >= 11 is 0. The molecule has 6 rings (SSSR count). The fourth-order valence-corrected chi connectivity index (χ4v) is 12.2. The molecule has 1 aliphatic heterocycles. The lowest BCUT2D eigenvalue weighted by Gasteiger charge is -2.71. The minimum atomic E-state index is -1.19. The third-order valence-corrected chi connectivity index (χ3v) is 16.7. The molecule has 298 valence electrons. The number of carbonyl (C=O) groups excluding carboxylic acids is 1. The normalized spacial score (nSPS) is 41.3. The predicted octanol–water partition coefficient (Wildman–Crippen LogP) is 7.62. The number of carboxylic acid groups (broad SMARTS) is 1. The Labute approximate surface area is 318 Å². The highest BCUT2D eigenvalue weighted by Gasteiger charge is 2.72. The molecular formula is C42H69N5O6. The van der Waals surface area contributed by atoms with Crippen molar-refractivity contribution in [3.05, 3.63) is 23.8 Å². The predicted molar refractivity (Wildman–Crippen MR) is 204 cm³/mol. The van der Waals surface area contributed by atoms with Gasteiger partial charge in [-0.3, -0.25) is 4.79 Å². The lowest BCUT2D eigenvalue weighted by atomic mass is 9.35. The van der Waals surface area contributed by atoms with Crippen LogP contribution >= 0.6 is 0 Å². The third-order valence-electron chi connectivity index (χ3n) is 16.7. The van der Waals surface area contributed by atoms with Gasteiger partial charge in [0.25, 0.3) is 5.91 Å². The van der Waals surface area contributed by atoms with Crippen LogP contribution in [0.5, 0.6) is 0 Å². The van der Waals surface area contributed by atoms with Crippen LogP contribution in [0.1, 0.15) is 131 Å². The highest BCUT2D eigenvalue weighted by Crippen LogP contribution is 2.74. The number of aromatic nitrogens is 3. The van der Waals surface area contributed by atoms with E-state index in [1.807, 2.05) is 4.68 Å². The molecule has 0 spiro atoms. The number of hydrogen-bond acceptors (Lipinski definition) is 8. The SMILES string of the molecule is CC(C)[C@@H](C)[C@@]1(C)CC[C@]2(C)[C@H]3CC[C@@H]4[C@@]5(COC[C@@]4(C)[C@@H](OC[C@](C)(N)C(C)(C)C)[C@H](n4ncnc4C(=O)N(C)C)C5)C3=CC[C@]2(C)[C@@H]1OC(=O)O. The zero-order valence-corrected chi connectivity index (χ0v) is 34.9. The number of nitrogens with two attached hydrogens (primary N) is 1. The van der Waals surface area contributed by atoms with Crippen LogP contribution in [0.3, 0.4) is 0 Å². The third kappa shape index (κ3) is 5.82. The molecule has 0 unspecified atom stereocenters. The summed E-state index contributed by atoms with van der Waals surface area (Å²) in [5.74, 6) is 1.29. The molecule has 12 atom stereocenters. The van der Waals surface area contributed by atoms with Gasteiger partial charge in [0.15, 0.2) is 0 Å². The summed E-state index contributed by atoms with van der Waals surface area (Å²) in [6, 6.07) is -0.289. The Morgan fingerprint density at radius 3 is 2.36 bits per heavy atom. The lowest BCUT2D eigenvalue weighted by Crippen LogP contribution is -2.70. The minimum Gasteiger partial charge on any atom is -0.450 e. The molecule has 0 aromatic carbocycles. The summed E-state index contributed by atoms with van der Waals surface area (Å²) in [6.45, 7) is 26.0. The van der Waals surface area contributed by atoms with E-state index >= 15 is 0 Å². The molecule has 11 heteroatoms. The first-order valence-corrected chi connectivity index (χ1v) is 20.1. The summed E-state index contributed by atoms with van der Waals surface area (Å²) in [5, 5.41) is 15.0. The maximum atomic E-state index is 13.6. The number of allylic oxidation sites excluding steroid dienone is 1. The van der Waals surface area contributed by atoms with Crippen LogP contribution < -0.4 is 5.73 Å². The second kappa shape index (κ2) is 13.0. The fourth-order valence-electron chi connectivity index (χ4n) is 12.2. The standard InChI is InChI=1S/C42H69N5O6/c1-25(2)26(3)37(7)18-19-39(9)27-14-15-30-38(8)21-51-23-42(30,28(27)16-17-40(39,10)34(37)53-35(49)50)20-29(31(38)52-22-41(11,43)36(4,5)6)47-32(44-24-45-47)33(48)46(12)13/h16,24-27,29-31,34H,14-15,17-23,43H2,1-13H3,(H,49,50)/t26-,27+,29-,30+,31+,34-,37-,38-,39-,40-,41+,42+/m1/s1. The van der Waals surface area contributed by atoms with E-state index < -0.39 is 28.6 Å². The molecule has 53 heavy (non-hydrogen) atoms. The molecule has 3 N–H and O–H groups in total. The molecule has 0 radical (unpaired) electrons. The Balaban J connectivity index is 1.48. The number of rotatable bonds is 8. The van der Waals surface area contributed by atoms with Crippen LogP contribution in [0, 0.1) is 56.2 Å². The monoisotopic (exact) mass is 740 g/mol. The summed E-state index contributed by atoms with van der Waals surface area (Å²) in [4.78, 5) is 32.1. The van der Waals surface area contributed by atoms with Crippen molar-refractivity contribution in [1.29, 1.82) is 0 Å². The summed E-state index contributed by atoms with van der Waals surface area (Å²) in [5.41, 5.74) is 5.98. The molecular weight excluding hydrogens is 670 g/mol. The second-order valence-corrected chi connectivity index (χ2v) is 20.7. The van der Waals surface area contributed by atoms with Gasteiger partial charge in [0.1, 0.15) is 12.4 Å². The number of hydrogen-bond donors (Lipinski definition) is 2. The van der Waals surface area contributed by atoms with Crippen LogP contribution in [0.15, 0.2) is 18.0 Å². The molecule has 3 saturated carbocycles. The Kier molecular flexibility index (Phi) is 9.88. The van der Waals surface area contributed by atoms with Crippen molar-refractivity contribution < 1.29 is 28.9 Å². The number of nitrogens with zero attached hydrogens (tertiary/aromatic N) is 4. The molecule has 1 aromatic heterocycles. The zero-order chi connectivity index (χ0) is 39.3. The summed E-state index contributed by atoms with van der Waals surface area (Å²) < 4.78 is 21.8. The van der Waals surface area contributed by atoms with Gasteiger partial charge in [-0.25, -0.2) is 14.5 Å². The Morgan fingerprint density at radius 2 is 1.75 bits per heavy atom. The quantitative estimate of drug-likeness (QED) is 0.203. The van der Waals surface area contributed by atoms with Crippen LogP contribution in [0.25, 0.3) is 0 Å². The minimum absolute atomic E-state index is 0.196. The first-order chi connectivity index (χ1) is 24.4. The van der Waals surface area contributed by atoms with E-state index in [9.17, 15) is 14.7 Å². The largest absolute Gasteiger partial charge is 0.506 e. The maximum absolute atomic E-state index is 13.6. The molecule has 1 amide bonds. The number of ether oxygens (including phenoxy) is 3. The highest BCUT2D eigenvalue weighted by atomic mass is 16.7. The van der Waals surface area contributed by atoms with E-state index in [-0.39, 0.29) is 57.5 Å². The average Bonchev–Trinajstić information content (AvgIpc) is 3.55. The van der Waals surface area contributed by atoms with Gasteiger partial charge < -0.3 is 30.0 Å². The van der Waals surface area contributed by atoms with Gasteiger partial charge in [0, 0.05) is 41.3 Å². The molecule has 5 aliphatic rings. The smallest absolute Gasteiger partial charge is 0.450 e. The van der Waals surface area contributed by atoms with Crippen molar-refractivity contribution >= 4 is 12.1 Å². The van der Waals surface area contributed by atoms with E-state index in [4.69, 9.17) is 25.0 Å². The van der Waals surface area contributed by atoms with Gasteiger partial charge in [-0.2, -0.15) is 5.10 Å². The van der Waals surface area contributed by atoms with Gasteiger partial charge >= 0.3 is 6.16 Å². The van der Waals surface area contributed by atoms with Gasteiger partial charge in [0.2, 0.25) is 5.82 Å². The zero-order valence-electron chi connectivity index (χ0n) is 34.9. The Bertz CT molecular complexity index is 1610. The van der Waals surface area contributed by atoms with Crippen molar-refractivity contribution in [1.82, 2.24) is 19.7 Å². The van der Waals surface area contributed by atoms with Crippen molar-refractivity contribution in [2.75, 3.05) is 33.9 Å². The molecule has 1 saturated heterocycles. The highest BCUT2D eigenvalue weighted by molar-refractivity contribution is 5.90. The van der Waals surface area contributed by atoms with Crippen LogP contribution in [0.4, 0.5) is 4.79 Å². The van der Waals surface area contributed by atoms with Crippen molar-refractivity contribution in [3.63, 3.8) is 0 Å². The van der Waals surface area contributed by atoms with Gasteiger partial charge in [0.05, 0.1) is 32.0 Å². The first kappa shape index (κ1) is 40.2. The summed E-state index contributed by atoms with van der Waals surface area (Å²) in [6.07, 6.45) is 7.35. The Hall–Kier alpha value is -2.50. The fraction of sp³-hybridized carbons (Fsp3) is 0.857. The van der Waals surface area contributed by atoms with Crippen LogP contribution in [0.2, 0.25) is 0 Å². The topological polar surface area (TPSA) is 142 Å². The molecule has 1 aromatic rings. The molecule has 4 fully saturated rings.